The third kappa shape index (κ3) is 7.30. The minimum Gasteiger partial charge on any atom is -0.394 e. The second kappa shape index (κ2) is 14.2. The Morgan fingerprint density at radius 3 is 2.34 bits per heavy atom. The summed E-state index contributed by atoms with van der Waals surface area (Å²) in [6.45, 7) is -0.214. The van der Waals surface area contributed by atoms with Crippen molar-refractivity contribution in [3.8, 4) is 0 Å². The minimum atomic E-state index is -1.49. The molecule has 15 nitrogen and oxygen atoms in total. The van der Waals surface area contributed by atoms with Gasteiger partial charge in [-0.05, 0) is 32.2 Å². The van der Waals surface area contributed by atoms with Crippen LogP contribution in [0.15, 0.2) is 0 Å². The number of hydrogen-bond acceptors (Lipinski definition) is 14. The Bertz CT molecular complexity index is 760. The molecule has 2 saturated heterocycles. The lowest BCUT2D eigenvalue weighted by atomic mass is 9.85. The average Bonchev–Trinajstić information content (AvgIpc) is 2.89. The molecule has 3 fully saturated rings. The predicted molar refractivity (Wildman–Crippen MR) is 134 cm³/mol. The van der Waals surface area contributed by atoms with E-state index in [0.717, 1.165) is 0 Å². The molecule has 15 N–H and O–H groups in total. The largest absolute Gasteiger partial charge is 0.394 e. The molecule has 1 amide bonds. The zero-order valence-corrected chi connectivity index (χ0v) is 21.9. The van der Waals surface area contributed by atoms with Crippen LogP contribution in [0.3, 0.4) is 0 Å². The molecule has 3 rings (SSSR count). The number of rotatable bonds is 10. The summed E-state index contributed by atoms with van der Waals surface area (Å²) in [4.78, 5) is 12.6. The van der Waals surface area contributed by atoms with Crippen LogP contribution in [-0.4, -0.2) is 131 Å². The highest BCUT2D eigenvalue weighted by molar-refractivity contribution is 6.21. The smallest absolute Gasteiger partial charge is 0.249 e. The Morgan fingerprint density at radius 2 is 1.71 bits per heavy atom. The van der Waals surface area contributed by atoms with Crippen LogP contribution in [0.4, 0.5) is 0 Å². The number of carbonyl (C=O) groups is 1. The number of hydrogen-bond donors (Lipinski definition) is 10. The summed E-state index contributed by atoms with van der Waals surface area (Å²) in [7, 11) is 0. The monoisotopic (exact) mass is 570 g/mol. The number of ether oxygens (including phenoxy) is 4. The van der Waals surface area contributed by atoms with Gasteiger partial charge in [-0.3, -0.25) is 4.79 Å². The molecule has 222 valence electrons. The van der Waals surface area contributed by atoms with E-state index in [9.17, 15) is 25.2 Å². The molecule has 1 aliphatic carbocycles. The fourth-order valence-electron chi connectivity index (χ4n) is 4.98. The van der Waals surface area contributed by atoms with Gasteiger partial charge < -0.3 is 73.4 Å². The molecule has 0 aromatic carbocycles. The van der Waals surface area contributed by atoms with Crippen LogP contribution in [0.1, 0.15) is 25.7 Å². The van der Waals surface area contributed by atoms with Crippen molar-refractivity contribution in [2.75, 3.05) is 19.7 Å². The van der Waals surface area contributed by atoms with Gasteiger partial charge in [0.05, 0.1) is 48.4 Å². The van der Waals surface area contributed by atoms with E-state index in [4.69, 9.17) is 59.2 Å². The molecule has 2 aliphatic heterocycles. The molecule has 1 saturated carbocycles. The van der Waals surface area contributed by atoms with Crippen molar-refractivity contribution in [3.05, 3.63) is 0 Å². The lowest BCUT2D eigenvalue weighted by molar-refractivity contribution is -0.298. The number of alkyl halides is 1. The molecule has 16 heteroatoms. The quantitative estimate of drug-likeness (QED) is 0.110. The van der Waals surface area contributed by atoms with E-state index in [-0.39, 0.29) is 32.0 Å². The molecular formula is C22H43ClN6O9. The fourth-order valence-corrected chi connectivity index (χ4v) is 5.46. The number of aliphatic hydroxyl groups is 4. The van der Waals surface area contributed by atoms with Gasteiger partial charge in [-0.15, -0.1) is 11.6 Å². The minimum absolute atomic E-state index is 0.0285. The lowest BCUT2D eigenvalue weighted by Gasteiger charge is -2.48. The van der Waals surface area contributed by atoms with Crippen molar-refractivity contribution >= 4 is 17.5 Å². The number of nitrogens with one attached hydrogen (secondary N) is 1. The fraction of sp³-hybridized carbons (Fsp3) is 0.955. The van der Waals surface area contributed by atoms with Gasteiger partial charge in [0.25, 0.3) is 0 Å². The average molecular weight is 571 g/mol. The van der Waals surface area contributed by atoms with Crippen LogP contribution in [0.2, 0.25) is 0 Å². The summed E-state index contributed by atoms with van der Waals surface area (Å²) in [5.41, 5.74) is 29.7. The number of nitrogens with two attached hydrogens (primary N) is 5. The number of aliphatic hydroxyl groups excluding tert-OH is 4. The van der Waals surface area contributed by atoms with E-state index in [1.165, 1.54) is 0 Å². The maximum Gasteiger partial charge on any atom is 0.249 e. The molecule has 0 aromatic rings. The van der Waals surface area contributed by atoms with Crippen LogP contribution < -0.4 is 34.0 Å². The van der Waals surface area contributed by atoms with Crippen molar-refractivity contribution in [3.63, 3.8) is 0 Å². The maximum atomic E-state index is 12.6. The molecule has 0 spiro atoms. The van der Waals surface area contributed by atoms with Crippen molar-refractivity contribution in [1.82, 2.24) is 5.32 Å². The zero-order valence-electron chi connectivity index (χ0n) is 21.1. The first-order valence-corrected chi connectivity index (χ1v) is 13.3. The Kier molecular flexibility index (Phi) is 11.9. The second-order valence-corrected chi connectivity index (χ2v) is 10.6. The normalized spacial score (nSPS) is 44.9. The predicted octanol–water partition coefficient (Wildman–Crippen LogP) is -5.15. The van der Waals surface area contributed by atoms with E-state index in [1.54, 1.807) is 0 Å². The topological polar surface area (TPSA) is 277 Å². The van der Waals surface area contributed by atoms with E-state index >= 15 is 0 Å². The zero-order chi connectivity index (χ0) is 28.1. The Balaban J connectivity index is 1.82. The Labute approximate surface area is 226 Å². The van der Waals surface area contributed by atoms with Gasteiger partial charge in [0.1, 0.15) is 24.4 Å². The van der Waals surface area contributed by atoms with E-state index < -0.39 is 91.3 Å². The maximum absolute atomic E-state index is 12.6. The molecule has 0 unspecified atom stereocenters. The molecule has 0 radical (unpaired) electrons. The molecule has 14 atom stereocenters. The van der Waals surface area contributed by atoms with E-state index in [2.05, 4.69) is 5.32 Å². The van der Waals surface area contributed by atoms with Gasteiger partial charge in [-0.2, -0.15) is 0 Å². The first-order chi connectivity index (χ1) is 18.0. The van der Waals surface area contributed by atoms with Crippen LogP contribution in [-0.2, 0) is 23.7 Å². The summed E-state index contributed by atoms with van der Waals surface area (Å²) in [5.74, 6) is -0.710. The summed E-state index contributed by atoms with van der Waals surface area (Å²) in [6, 6.07) is -3.21. The van der Waals surface area contributed by atoms with Crippen molar-refractivity contribution in [2.45, 2.75) is 111 Å². The molecular weight excluding hydrogens is 528 g/mol. The highest BCUT2D eigenvalue weighted by Crippen LogP contribution is 2.34. The third-order valence-electron chi connectivity index (χ3n) is 7.32. The van der Waals surface area contributed by atoms with Crippen LogP contribution >= 0.6 is 11.6 Å². The van der Waals surface area contributed by atoms with Crippen molar-refractivity contribution in [1.29, 1.82) is 0 Å². The van der Waals surface area contributed by atoms with E-state index in [1.807, 2.05) is 0 Å². The Morgan fingerprint density at radius 1 is 1.03 bits per heavy atom. The van der Waals surface area contributed by atoms with Crippen LogP contribution in [0, 0.1) is 0 Å². The second-order valence-electron chi connectivity index (χ2n) is 10.1. The van der Waals surface area contributed by atoms with Crippen LogP contribution in [0.5, 0.6) is 0 Å². The van der Waals surface area contributed by atoms with Crippen molar-refractivity contribution in [2.24, 2.45) is 28.7 Å². The van der Waals surface area contributed by atoms with E-state index in [0.29, 0.717) is 12.8 Å². The summed E-state index contributed by atoms with van der Waals surface area (Å²) in [5, 5.41) is 42.1. The summed E-state index contributed by atoms with van der Waals surface area (Å²) >= 11 is 6.85. The number of halogens is 1. The SMILES string of the molecule is NCC[C@H](O)C(=O)N[C@@H]1C[C@H](N)[C@@H](O[C@H]2O[C@H](CN)CC[C@H]2N)[C@@H](Cl)[C@H]1O[C@H]1O[C@H](CO)[C@@H](O)[C@H](N)[C@H]1O. The molecule has 3 aliphatic rings. The van der Waals surface area contributed by atoms with Gasteiger partial charge in [-0.25, -0.2) is 0 Å². The van der Waals surface area contributed by atoms with Gasteiger partial charge in [0.2, 0.25) is 5.91 Å². The molecule has 0 bridgehead atoms. The first kappa shape index (κ1) is 31.8. The molecule has 2 heterocycles. The lowest BCUT2D eigenvalue weighted by Crippen LogP contribution is -2.68. The third-order valence-corrected chi connectivity index (χ3v) is 7.82. The standard InChI is InChI=1S/C22H43ClN6O9/c23-14-18(37-21-9(26)2-1-8(6-25)35-21)10(27)5-11(29-20(34)12(31)3-4-24)19(14)38-22-17(33)15(28)16(32)13(7-30)36-22/h8-19,21-22,30-33H,1-7,24-28H2,(H,29,34)/t8-,9+,10-,11+,12-,13+,14+,15-,16+,17+,18+,19-,21+,22+/m0/s1. The first-order valence-electron chi connectivity index (χ1n) is 12.9. The highest BCUT2D eigenvalue weighted by Gasteiger charge is 2.51. The molecule has 38 heavy (non-hydrogen) atoms. The van der Waals surface area contributed by atoms with Crippen LogP contribution in [0.25, 0.3) is 0 Å². The summed E-state index contributed by atoms with van der Waals surface area (Å²) in [6.07, 6.45) is -8.39. The van der Waals surface area contributed by atoms with Gasteiger partial charge in [0, 0.05) is 12.6 Å². The number of amides is 1. The highest BCUT2D eigenvalue weighted by atomic mass is 35.5. The van der Waals surface area contributed by atoms with Crippen molar-refractivity contribution < 1.29 is 44.2 Å². The Hall–Kier alpha value is -0.760. The van der Waals surface area contributed by atoms with Gasteiger partial charge in [0.15, 0.2) is 12.6 Å². The summed E-state index contributed by atoms with van der Waals surface area (Å²) < 4.78 is 23.6. The molecule has 0 aromatic heterocycles. The number of carbonyl (C=O) groups excluding carboxylic acids is 1. The van der Waals surface area contributed by atoms with Gasteiger partial charge >= 0.3 is 0 Å². The van der Waals surface area contributed by atoms with Gasteiger partial charge in [-0.1, -0.05) is 0 Å².